The Bertz CT molecular complexity index is 2960. The van der Waals surface area contributed by atoms with Crippen molar-refractivity contribution >= 4 is 23.4 Å². The summed E-state index contributed by atoms with van der Waals surface area (Å²) in [6.45, 7) is 12.8. The number of rotatable bonds is 2. The third-order valence-electron chi connectivity index (χ3n) is 25.5. The summed E-state index contributed by atoms with van der Waals surface area (Å²) in [5.41, 5.74) is -3.89. The molecule has 4 N–H and O–H groups in total. The van der Waals surface area contributed by atoms with Gasteiger partial charge in [0.25, 0.3) is 0 Å². The Morgan fingerprint density at radius 3 is 2.11 bits per heavy atom. The van der Waals surface area contributed by atoms with Crippen molar-refractivity contribution in [3.8, 4) is 24.7 Å². The Labute approximate surface area is 465 Å². The quantitative estimate of drug-likeness (QED) is 0.207. The smallest absolute Gasteiger partial charge is 0.193 e. The molecule has 0 radical (unpaired) electrons. The van der Waals surface area contributed by atoms with Crippen LogP contribution in [-0.4, -0.2) is 96.2 Å². The summed E-state index contributed by atoms with van der Waals surface area (Å²) < 4.78 is 50.3. The Kier molecular flexibility index (Phi) is 12.8. The highest BCUT2D eigenvalue weighted by Gasteiger charge is 2.81. The van der Waals surface area contributed by atoms with Crippen molar-refractivity contribution in [1.82, 2.24) is 5.16 Å². The first kappa shape index (κ1) is 55.5. The molecule has 13 aliphatic rings. The second-order valence-corrected chi connectivity index (χ2v) is 28.7. The number of alkyl halides is 2. The molecule has 1 aromatic heterocycles. The maximum atomic E-state index is 17.1. The van der Waals surface area contributed by atoms with Gasteiger partial charge < -0.3 is 34.4 Å². The number of ketones is 3. The fourth-order valence-electron chi connectivity index (χ4n) is 21.5. The molecule has 0 bridgehead atoms. The summed E-state index contributed by atoms with van der Waals surface area (Å²) >= 11 is 0. The third kappa shape index (κ3) is 7.36. The van der Waals surface area contributed by atoms with E-state index in [1.807, 2.05) is 12.3 Å². The van der Waals surface area contributed by atoms with Crippen LogP contribution in [0.5, 0.6) is 0 Å². The number of ether oxygens (including phenoxy) is 2. The first-order chi connectivity index (χ1) is 37.2. The second kappa shape index (κ2) is 18.2. The molecule has 0 amide bonds. The summed E-state index contributed by atoms with van der Waals surface area (Å²) in [6, 6.07) is 0. The highest BCUT2D eigenvalue weighted by atomic mass is 19.1. The Morgan fingerprint density at radius 1 is 0.772 bits per heavy atom. The SMILES string of the molecule is C#C[C@]1(O)CC[C@H]2[C@@H]3CCC4=CC(=O)CC[C@@H]4[C@H]3CC[C@@]21C.C#C[C@]1(O)CC[C@H]2[C@@H]3CCC4=Cc5oncc5C[C@]4(C)[C@H]3CC[C@@]21C.CC1(C)O[C@@H]2C[C@H]3[C@@H]4C[C@H](F)C5=CC(=O)C=C[C@]5(C)[C@@]4(F)[C@@H](O)C[C@]3(C)[C@]2(C(=O)CO)O1. The molecule has 0 unspecified atom stereocenters. The van der Waals surface area contributed by atoms with Gasteiger partial charge in [-0.1, -0.05) is 61.9 Å². The summed E-state index contributed by atoms with van der Waals surface area (Å²) in [6.07, 6.45) is 33.0. The molecule has 14 rings (SSSR count). The van der Waals surface area contributed by atoms with Crippen LogP contribution in [0.15, 0.2) is 51.7 Å². The van der Waals surface area contributed by atoms with E-state index in [2.05, 4.69) is 43.8 Å². The molecule has 10 fully saturated rings. The van der Waals surface area contributed by atoms with Crippen molar-refractivity contribution in [1.29, 1.82) is 0 Å². The summed E-state index contributed by atoms with van der Waals surface area (Å²) in [5, 5.41) is 47.1. The molecule has 0 spiro atoms. The lowest BCUT2D eigenvalue weighted by molar-refractivity contribution is -0.248. The third-order valence-corrected chi connectivity index (χ3v) is 25.5. The number of aliphatic hydroxyl groups is 4. The minimum atomic E-state index is -2.24. The number of hydrogen-bond acceptors (Lipinski definition) is 11. The maximum Gasteiger partial charge on any atom is 0.193 e. The monoisotopic (exact) mass is 1090 g/mol. The van der Waals surface area contributed by atoms with E-state index in [1.54, 1.807) is 26.3 Å². The molecule has 21 atom stereocenters. The number of aromatic nitrogens is 1. The number of halogens is 2. The van der Waals surface area contributed by atoms with Gasteiger partial charge in [0, 0.05) is 39.6 Å². The Hall–Kier alpha value is -4.08. The number of fused-ring (bicyclic) bond motifs is 18. The van der Waals surface area contributed by atoms with E-state index in [1.165, 1.54) is 43.1 Å². The van der Waals surface area contributed by atoms with Crippen LogP contribution < -0.4 is 0 Å². The number of allylic oxidation sites excluding steroid dienone is 6. The van der Waals surface area contributed by atoms with Gasteiger partial charge in [0.05, 0.1) is 18.4 Å². The van der Waals surface area contributed by atoms with Crippen LogP contribution in [0.4, 0.5) is 8.78 Å². The van der Waals surface area contributed by atoms with E-state index in [4.69, 9.17) is 26.8 Å². The minimum absolute atomic E-state index is 0.0550. The zero-order chi connectivity index (χ0) is 56.5. The molecule has 11 nitrogen and oxygen atoms in total. The van der Waals surface area contributed by atoms with Crippen LogP contribution in [0.1, 0.15) is 169 Å². The van der Waals surface area contributed by atoms with Crippen molar-refractivity contribution < 1.29 is 57.6 Å². The molecular formula is C66H83F2NO10. The van der Waals surface area contributed by atoms with Gasteiger partial charge in [0.1, 0.15) is 24.0 Å². The molecule has 12 aliphatic carbocycles. The minimum Gasteiger partial charge on any atom is -0.390 e. The van der Waals surface area contributed by atoms with Gasteiger partial charge >= 0.3 is 0 Å². The fourth-order valence-corrected chi connectivity index (χ4v) is 21.5. The topological polar surface area (TPSA) is 177 Å². The Balaban J connectivity index is 0.000000121. The van der Waals surface area contributed by atoms with Crippen LogP contribution in [0.3, 0.4) is 0 Å². The number of aliphatic hydroxyl groups excluding tert-OH is 2. The van der Waals surface area contributed by atoms with E-state index in [0.717, 1.165) is 95.3 Å². The van der Waals surface area contributed by atoms with Crippen molar-refractivity contribution in [2.24, 2.45) is 80.3 Å². The standard InChI is InChI=1S/C24H30F2O6.C22H27NO2.C20H26O2/c1-20(2)31-19-9-13-14-8-16(25)15-7-12(28)5-6-21(15,3)23(14,26)17(29)10-22(13,4)24(19,32-20)18(30)11-27;1-4-22(24)10-8-18-16-6-5-15-11-19-14(13-23-25-19)12-20(15,2)17(16)7-9-21(18,22)3;1-3-20(22)11-9-18-17-6-4-13-12-14(21)5-7-15(13)16(17)8-10-19(18,20)2/h5-7,13-14,16-17,19,27,29H,8-11H2,1-4H3;1,11,13,16-18,24H,5-10,12H2,2-3H3;1,12,15-18,22H,4-11H2,2H3/t13-,14-,16-,17-,19+,21-,22-,23-,24+;16-,17+,18+,20+,21+,22+;15-,16+,17+,18-,19-,20-/m010/s1. The average molecular weight is 1090 g/mol. The lowest BCUT2D eigenvalue weighted by atomic mass is 9.44. The van der Waals surface area contributed by atoms with Gasteiger partial charge in [-0.15, -0.1) is 12.8 Å². The number of nitrogens with zero attached hydrogens (tertiary/aromatic N) is 1. The highest BCUT2D eigenvalue weighted by molar-refractivity contribution is 6.01. The zero-order valence-electron chi connectivity index (χ0n) is 47.4. The first-order valence-corrected chi connectivity index (χ1v) is 29.9. The lowest BCUT2D eigenvalue weighted by Gasteiger charge is -2.63. The number of Topliss-reactive ketones (excluding diaryl/α,β-unsaturated/α-hetero) is 1. The van der Waals surface area contributed by atoms with Crippen molar-refractivity contribution in [3.63, 3.8) is 0 Å². The zero-order valence-corrected chi connectivity index (χ0v) is 47.4. The van der Waals surface area contributed by atoms with Gasteiger partial charge in [0.2, 0.25) is 0 Å². The first-order valence-electron chi connectivity index (χ1n) is 29.9. The normalized spacial score (nSPS) is 50.7. The molecule has 1 aromatic rings. The van der Waals surface area contributed by atoms with Crippen LogP contribution in [-0.2, 0) is 30.3 Å². The number of carbonyl (C=O) groups excluding carboxylic acids is 3. The molecule has 1 aliphatic heterocycles. The van der Waals surface area contributed by atoms with Crippen molar-refractivity contribution in [2.75, 3.05) is 6.61 Å². The fraction of sp³-hybridized carbons (Fsp3) is 0.727. The van der Waals surface area contributed by atoms with Crippen LogP contribution in [0, 0.1) is 105 Å². The van der Waals surface area contributed by atoms with Gasteiger partial charge in [-0.3, -0.25) is 14.4 Å². The largest absolute Gasteiger partial charge is 0.390 e. The summed E-state index contributed by atoms with van der Waals surface area (Å²) in [5.74, 6) is 7.76. The maximum absolute atomic E-state index is 17.1. The van der Waals surface area contributed by atoms with Gasteiger partial charge in [-0.25, -0.2) is 8.78 Å². The van der Waals surface area contributed by atoms with E-state index >= 15 is 8.78 Å². The molecule has 426 valence electrons. The molecule has 9 saturated carbocycles. The number of terminal acetylenes is 2. The van der Waals surface area contributed by atoms with Crippen molar-refractivity contribution in [3.05, 3.63) is 58.5 Å². The van der Waals surface area contributed by atoms with Crippen LogP contribution in [0.25, 0.3) is 6.08 Å². The average Bonchev–Trinajstić information content (AvgIpc) is 3.40. The van der Waals surface area contributed by atoms with E-state index in [0.29, 0.717) is 47.2 Å². The molecule has 2 heterocycles. The number of hydrogen-bond donors (Lipinski definition) is 4. The predicted molar refractivity (Wildman–Crippen MR) is 291 cm³/mol. The lowest BCUT2D eigenvalue weighted by Crippen LogP contribution is -2.71. The number of carbonyl (C=O) groups is 3. The Morgan fingerprint density at radius 2 is 1.43 bits per heavy atom. The van der Waals surface area contributed by atoms with Crippen LogP contribution >= 0.6 is 0 Å². The van der Waals surface area contributed by atoms with E-state index < -0.39 is 87.5 Å². The molecule has 0 aromatic carbocycles. The predicted octanol–water partition coefficient (Wildman–Crippen LogP) is 10.1. The molecule has 79 heavy (non-hydrogen) atoms. The van der Waals surface area contributed by atoms with Crippen LogP contribution in [0.2, 0.25) is 0 Å². The summed E-state index contributed by atoms with van der Waals surface area (Å²) in [4.78, 5) is 36.8. The highest BCUT2D eigenvalue weighted by Crippen LogP contribution is 2.73. The molecule has 1 saturated heterocycles. The van der Waals surface area contributed by atoms with Gasteiger partial charge in [0.15, 0.2) is 40.2 Å². The van der Waals surface area contributed by atoms with E-state index in [9.17, 15) is 34.8 Å². The van der Waals surface area contributed by atoms with Gasteiger partial charge in [-0.05, 0) is 213 Å². The summed E-state index contributed by atoms with van der Waals surface area (Å²) in [7, 11) is 0. The van der Waals surface area contributed by atoms with Crippen molar-refractivity contribution in [2.45, 2.75) is 211 Å². The van der Waals surface area contributed by atoms with Gasteiger partial charge in [-0.2, -0.15) is 0 Å². The van der Waals surface area contributed by atoms with E-state index in [-0.39, 0.29) is 41.1 Å². The molecular weight excluding hydrogens is 1000 g/mol. The molecule has 13 heteroatoms. The second-order valence-electron chi connectivity index (χ2n) is 28.7.